The number of hydrogen-bond acceptors (Lipinski definition) is 16. The van der Waals surface area contributed by atoms with Gasteiger partial charge in [-0.15, -0.1) is 0 Å². The largest absolute Gasteiger partial charge is 0.459 e. The molecule has 0 amide bonds. The zero-order chi connectivity index (χ0) is 40.4. The lowest BCUT2D eigenvalue weighted by molar-refractivity contribution is -0.296. The summed E-state index contributed by atoms with van der Waals surface area (Å²) in [5.41, 5.74) is 4.48. The minimum Gasteiger partial charge on any atom is -0.459 e. The monoisotopic (exact) mass is 774 g/mol. The van der Waals surface area contributed by atoms with Crippen molar-refractivity contribution < 1.29 is 57.5 Å². The van der Waals surface area contributed by atoms with E-state index in [4.69, 9.17) is 38.7 Å². The van der Waals surface area contributed by atoms with E-state index in [1.165, 1.54) is 6.92 Å². The van der Waals surface area contributed by atoms with Crippen LogP contribution in [0.4, 0.5) is 6.01 Å². The van der Waals surface area contributed by atoms with Gasteiger partial charge in [-0.3, -0.25) is 14.4 Å². The number of carbonyl (C=O) groups excluding carboxylic acids is 3. The molecule has 0 spiro atoms. The Morgan fingerprint density at radius 2 is 1.82 bits per heavy atom. The Balaban J connectivity index is 1.58. The fourth-order valence-electron chi connectivity index (χ4n) is 8.25. The number of carbonyl (C=O) groups is 3. The van der Waals surface area contributed by atoms with Crippen LogP contribution < -0.4 is 5.73 Å². The van der Waals surface area contributed by atoms with Gasteiger partial charge in [0.25, 0.3) is 6.01 Å². The van der Waals surface area contributed by atoms with Gasteiger partial charge in [-0.25, -0.2) is 0 Å². The maximum Gasteiger partial charge on any atom is 0.313 e. The first-order valence-corrected chi connectivity index (χ1v) is 19.1. The average molecular weight is 775 g/mol. The molecular weight excluding hydrogens is 716 g/mol. The van der Waals surface area contributed by atoms with Crippen molar-refractivity contribution in [3.05, 3.63) is 23.8 Å². The minimum absolute atomic E-state index is 0.0254. The van der Waals surface area contributed by atoms with Crippen LogP contribution >= 0.6 is 0 Å². The number of Topliss-reactive ketones (excluding diaryl/α,β-unsaturated/α-hetero) is 2. The smallest absolute Gasteiger partial charge is 0.313 e. The molecular formula is C39H58N4O12. The van der Waals surface area contributed by atoms with Crippen molar-refractivity contribution in [2.24, 2.45) is 22.9 Å². The van der Waals surface area contributed by atoms with E-state index in [1.807, 2.05) is 25.9 Å². The first-order chi connectivity index (χ1) is 25.8. The first kappa shape index (κ1) is 42.6. The number of nitrogens with two attached hydrogens (primary N) is 1. The summed E-state index contributed by atoms with van der Waals surface area (Å²) in [5.74, 6) is -4.21. The maximum absolute atomic E-state index is 14.3. The predicted octanol–water partition coefficient (Wildman–Crippen LogP) is 3.18. The highest BCUT2D eigenvalue weighted by Gasteiger charge is 2.52. The van der Waals surface area contributed by atoms with Crippen LogP contribution in [-0.2, 0) is 49.5 Å². The molecule has 16 nitrogen and oxygen atoms in total. The van der Waals surface area contributed by atoms with E-state index >= 15 is 0 Å². The number of oxazole rings is 1. The molecule has 3 saturated heterocycles. The second kappa shape index (κ2) is 17.3. The summed E-state index contributed by atoms with van der Waals surface area (Å²) >= 11 is 0. The van der Waals surface area contributed by atoms with Crippen molar-refractivity contribution in [2.45, 2.75) is 135 Å². The summed E-state index contributed by atoms with van der Waals surface area (Å²) in [6.45, 7) is 11.4. The van der Waals surface area contributed by atoms with Gasteiger partial charge in [-0.1, -0.05) is 38.9 Å². The second-order valence-electron chi connectivity index (χ2n) is 16.1. The molecule has 16 heteroatoms. The number of aliphatic hydroxyl groups is 2. The molecule has 3 aliphatic rings. The average Bonchev–Trinajstić information content (AvgIpc) is 3.49. The van der Waals surface area contributed by atoms with Gasteiger partial charge in [0.15, 0.2) is 11.9 Å². The molecule has 0 aliphatic carbocycles. The Morgan fingerprint density at radius 3 is 2.51 bits per heavy atom. The number of aromatic nitrogens is 1. The topological polar surface area (TPSA) is 215 Å². The molecule has 55 heavy (non-hydrogen) atoms. The molecule has 3 fully saturated rings. The van der Waals surface area contributed by atoms with Crippen LogP contribution in [-0.4, -0.2) is 125 Å². The van der Waals surface area contributed by atoms with Gasteiger partial charge in [0.05, 0.1) is 37.1 Å². The molecule has 1 aromatic heterocycles. The van der Waals surface area contributed by atoms with Crippen LogP contribution in [0.15, 0.2) is 27.8 Å². The Bertz CT molecular complexity index is 1710. The molecule has 3 aliphatic heterocycles. The summed E-state index contributed by atoms with van der Waals surface area (Å²) in [4.78, 5) is 53.5. The highest BCUT2D eigenvalue weighted by atomic mass is 16.7. The molecule has 306 valence electrons. The van der Waals surface area contributed by atoms with Gasteiger partial charge >= 0.3 is 5.97 Å². The number of nitrogens with zero attached hydrogens (tertiary/aromatic N) is 3. The Hall–Kier alpha value is -3.51. The van der Waals surface area contributed by atoms with Gasteiger partial charge in [0, 0.05) is 23.8 Å². The van der Waals surface area contributed by atoms with Crippen LogP contribution in [0.1, 0.15) is 79.7 Å². The molecule has 0 saturated carbocycles. The van der Waals surface area contributed by atoms with Crippen molar-refractivity contribution in [2.75, 3.05) is 33.0 Å². The number of nitrogen functional groups attached to an aromatic ring is 1. The normalized spacial score (nSPS) is 38.0. The Morgan fingerprint density at radius 1 is 1.09 bits per heavy atom. The van der Waals surface area contributed by atoms with Gasteiger partial charge in [0.2, 0.25) is 0 Å². The number of likely N-dealkylation sites (N-methyl/N-ethyl adjacent to an activating group) is 1. The zero-order valence-electron chi connectivity index (χ0n) is 33.4. The van der Waals surface area contributed by atoms with Crippen LogP contribution in [0.2, 0.25) is 0 Å². The molecule has 0 unspecified atom stereocenters. The van der Waals surface area contributed by atoms with Crippen molar-refractivity contribution in [3.8, 4) is 0 Å². The van der Waals surface area contributed by atoms with Gasteiger partial charge in [0.1, 0.15) is 53.6 Å². The Kier molecular flexibility index (Phi) is 13.4. The van der Waals surface area contributed by atoms with E-state index in [0.29, 0.717) is 23.1 Å². The quantitative estimate of drug-likeness (QED) is 0.209. The fraction of sp³-hybridized carbons (Fsp3) is 0.718. The number of rotatable bonds is 7. The van der Waals surface area contributed by atoms with Crippen molar-refractivity contribution in [1.29, 1.82) is 0 Å². The first-order valence-electron chi connectivity index (χ1n) is 19.1. The second-order valence-corrected chi connectivity index (χ2v) is 16.1. The summed E-state index contributed by atoms with van der Waals surface area (Å²) in [7, 11) is 3.71. The molecule has 0 radical (unpaired) electrons. The van der Waals surface area contributed by atoms with E-state index < -0.39 is 77.8 Å². The fourth-order valence-corrected chi connectivity index (χ4v) is 8.25. The maximum atomic E-state index is 14.3. The summed E-state index contributed by atoms with van der Waals surface area (Å²) in [6, 6.07) is 5.01. The lowest BCUT2D eigenvalue weighted by Gasteiger charge is -2.47. The van der Waals surface area contributed by atoms with Gasteiger partial charge < -0.3 is 53.8 Å². The standard InChI is InChI=1S/C39H58N4O12/c1-10-30-39(7,48)35-23(5)32(46)20(2)16-38(6,50-19-25(18-49-35)42-51-17-24-11-12-26-29(14-24)53-37(40)41-26)34(22(4)28(44)15-31(45)54-30)55-36-33(47)27(43(8)9)13-21(3)52-36/h11-12,14,20-23,27,30,33-36,47-48H,10,13,15-19H2,1-9H3,(H2,40,41)/b42-25+/t20-,21-,22+,23+,27+,30-,33-,34-,35+,36+,38-,39-/m1/s1. The summed E-state index contributed by atoms with van der Waals surface area (Å²) in [6.07, 6.45) is -5.87. The zero-order valence-corrected chi connectivity index (χ0v) is 33.4. The molecule has 4 N–H and O–H groups in total. The number of oxime groups is 1. The number of aliphatic hydroxyl groups excluding tert-OH is 1. The lowest BCUT2D eigenvalue weighted by atomic mass is 9.74. The van der Waals surface area contributed by atoms with E-state index in [1.54, 1.807) is 52.8 Å². The third-order valence-corrected chi connectivity index (χ3v) is 11.3. The number of ether oxygens (including phenoxy) is 5. The molecule has 5 rings (SSSR count). The number of fused-ring (bicyclic) bond motifs is 6. The Labute approximate surface area is 321 Å². The molecule has 1 aromatic carbocycles. The van der Waals surface area contributed by atoms with E-state index in [-0.39, 0.29) is 62.3 Å². The minimum atomic E-state index is -1.86. The van der Waals surface area contributed by atoms with Crippen LogP contribution in [0.5, 0.6) is 0 Å². The molecule has 2 aromatic rings. The number of ketones is 2. The number of esters is 1. The van der Waals surface area contributed by atoms with Crippen molar-refractivity contribution >= 4 is 40.4 Å². The van der Waals surface area contributed by atoms with Crippen LogP contribution in [0.3, 0.4) is 0 Å². The SMILES string of the molecule is CC[C@H]1OC(=O)CC(=O)[C@H](C)[C@@H](O[C@@H]2O[C@H](C)C[C@H](N(C)C)[C@H]2O)[C@@]2(C)C[C@@H](C)C(=O)[C@H](C)[C@H](OC/C(=N\OCc3ccc4nc(N)oc4c3)CO2)[C@]1(C)O. The van der Waals surface area contributed by atoms with E-state index in [2.05, 4.69) is 10.1 Å². The predicted molar refractivity (Wildman–Crippen MR) is 200 cm³/mol. The number of cyclic esters (lactones) is 1. The van der Waals surface area contributed by atoms with Gasteiger partial charge in [-0.05, 0) is 71.8 Å². The molecule has 2 bridgehead atoms. The number of hydrogen-bond donors (Lipinski definition) is 3. The summed E-state index contributed by atoms with van der Waals surface area (Å²) in [5, 5.41) is 28.0. The van der Waals surface area contributed by atoms with E-state index in [9.17, 15) is 24.6 Å². The number of benzene rings is 1. The van der Waals surface area contributed by atoms with E-state index in [0.717, 1.165) is 0 Å². The number of anilines is 1. The van der Waals surface area contributed by atoms with Crippen LogP contribution in [0.25, 0.3) is 11.1 Å². The molecule has 4 heterocycles. The third kappa shape index (κ3) is 9.55. The van der Waals surface area contributed by atoms with Crippen molar-refractivity contribution in [3.63, 3.8) is 0 Å². The molecule has 12 atom stereocenters. The highest BCUT2D eigenvalue weighted by molar-refractivity contribution is 5.97. The van der Waals surface area contributed by atoms with Crippen molar-refractivity contribution in [1.82, 2.24) is 9.88 Å². The highest BCUT2D eigenvalue weighted by Crippen LogP contribution is 2.39. The third-order valence-electron chi connectivity index (χ3n) is 11.3. The van der Waals surface area contributed by atoms with Crippen LogP contribution in [0, 0.1) is 17.8 Å². The van der Waals surface area contributed by atoms with Gasteiger partial charge in [-0.2, -0.15) is 4.98 Å². The lowest BCUT2D eigenvalue weighted by Crippen LogP contribution is -2.59. The summed E-state index contributed by atoms with van der Waals surface area (Å²) < 4.78 is 37.1.